The standard InChI is InChI=1S/C18H34N2O4/c1-10-12(4)15(20(9)17(23)24-18(6,7)8)16(22)19-14(11(2)3)13(5)21/h11-12,14-15H,10H2,1-9H3,(H,19,22)/t12-,14-,15-/m0/s1. The molecule has 0 bridgehead atoms. The Labute approximate surface area is 146 Å². The maximum Gasteiger partial charge on any atom is 0.410 e. The third kappa shape index (κ3) is 6.89. The summed E-state index contributed by atoms with van der Waals surface area (Å²) in [5.41, 5.74) is -0.637. The van der Waals surface area contributed by atoms with Crippen LogP contribution in [0.3, 0.4) is 0 Å². The van der Waals surface area contributed by atoms with Crippen molar-refractivity contribution in [1.29, 1.82) is 0 Å². The van der Waals surface area contributed by atoms with Gasteiger partial charge in [0.25, 0.3) is 0 Å². The SMILES string of the molecule is CC[C@H](C)[C@@H](C(=O)N[C@H](C(C)=O)C(C)C)N(C)C(=O)OC(C)(C)C. The number of nitrogens with one attached hydrogen (secondary N) is 1. The van der Waals surface area contributed by atoms with Crippen LogP contribution in [0.25, 0.3) is 0 Å². The lowest BCUT2D eigenvalue weighted by Gasteiger charge is -2.34. The molecule has 0 aromatic carbocycles. The molecule has 0 aromatic heterocycles. The summed E-state index contributed by atoms with van der Waals surface area (Å²) in [7, 11) is 1.56. The zero-order valence-electron chi connectivity index (χ0n) is 16.6. The zero-order valence-corrected chi connectivity index (χ0v) is 16.6. The maximum atomic E-state index is 12.8. The number of carbonyl (C=O) groups excluding carboxylic acids is 3. The number of nitrogens with zero attached hydrogens (tertiary/aromatic N) is 1. The lowest BCUT2D eigenvalue weighted by molar-refractivity contribution is -0.132. The number of ether oxygens (including phenoxy) is 1. The molecule has 0 aliphatic rings. The Hall–Kier alpha value is -1.59. The van der Waals surface area contributed by atoms with E-state index in [2.05, 4.69) is 5.32 Å². The van der Waals surface area contributed by atoms with Crippen LogP contribution in [0.5, 0.6) is 0 Å². The average Bonchev–Trinajstić information content (AvgIpc) is 2.41. The molecule has 2 amide bonds. The molecule has 0 unspecified atom stereocenters. The molecule has 0 radical (unpaired) electrons. The summed E-state index contributed by atoms with van der Waals surface area (Å²) in [4.78, 5) is 38.2. The van der Waals surface area contributed by atoms with Crippen molar-refractivity contribution in [2.45, 2.75) is 79.5 Å². The summed E-state index contributed by atoms with van der Waals surface area (Å²) in [6, 6.07) is -1.25. The normalized spacial score (nSPS) is 15.4. The van der Waals surface area contributed by atoms with Crippen molar-refractivity contribution in [3.05, 3.63) is 0 Å². The molecule has 0 fully saturated rings. The highest BCUT2D eigenvalue weighted by molar-refractivity contribution is 5.91. The summed E-state index contributed by atoms with van der Waals surface area (Å²) in [6.45, 7) is 14.4. The van der Waals surface area contributed by atoms with Crippen LogP contribution in [0.4, 0.5) is 4.79 Å². The molecule has 24 heavy (non-hydrogen) atoms. The molecular weight excluding hydrogens is 308 g/mol. The maximum absolute atomic E-state index is 12.8. The van der Waals surface area contributed by atoms with Gasteiger partial charge in [-0.1, -0.05) is 34.1 Å². The molecule has 6 nitrogen and oxygen atoms in total. The molecule has 0 heterocycles. The molecule has 0 aliphatic heterocycles. The van der Waals surface area contributed by atoms with Crippen LogP contribution in [0.2, 0.25) is 0 Å². The van der Waals surface area contributed by atoms with E-state index in [1.165, 1.54) is 11.8 Å². The average molecular weight is 342 g/mol. The second-order valence-electron chi connectivity index (χ2n) is 7.76. The largest absolute Gasteiger partial charge is 0.444 e. The monoisotopic (exact) mass is 342 g/mol. The summed E-state index contributed by atoms with van der Waals surface area (Å²) in [5.74, 6) is -0.508. The quantitative estimate of drug-likeness (QED) is 0.772. The van der Waals surface area contributed by atoms with Gasteiger partial charge in [-0.25, -0.2) is 4.79 Å². The molecule has 0 spiro atoms. The molecule has 0 rings (SSSR count). The fraction of sp³-hybridized carbons (Fsp3) is 0.833. The molecule has 140 valence electrons. The Morgan fingerprint density at radius 3 is 1.96 bits per heavy atom. The topological polar surface area (TPSA) is 75.7 Å². The number of Topliss-reactive ketones (excluding diaryl/α,β-unsaturated/α-hetero) is 1. The summed E-state index contributed by atoms with van der Waals surface area (Å²) < 4.78 is 5.37. The van der Waals surface area contributed by atoms with Gasteiger partial charge >= 0.3 is 6.09 Å². The van der Waals surface area contributed by atoms with Crippen molar-refractivity contribution >= 4 is 17.8 Å². The first-order valence-electron chi connectivity index (χ1n) is 8.58. The number of likely N-dealkylation sites (N-methyl/N-ethyl adjacent to an activating group) is 1. The minimum absolute atomic E-state index is 0.0177. The molecule has 0 aliphatic carbocycles. The van der Waals surface area contributed by atoms with Gasteiger partial charge in [0.1, 0.15) is 11.6 Å². The third-order valence-electron chi connectivity index (χ3n) is 3.95. The molecule has 0 aromatic rings. The fourth-order valence-corrected chi connectivity index (χ4v) is 2.46. The predicted molar refractivity (Wildman–Crippen MR) is 94.7 cm³/mol. The lowest BCUT2D eigenvalue weighted by Crippen LogP contribution is -2.56. The van der Waals surface area contributed by atoms with Crippen LogP contribution in [-0.4, -0.2) is 47.4 Å². The zero-order chi connectivity index (χ0) is 19.2. The Kier molecular flexibility index (Phi) is 8.44. The number of amides is 2. The number of hydrogen-bond acceptors (Lipinski definition) is 4. The molecular formula is C18H34N2O4. The van der Waals surface area contributed by atoms with Crippen molar-refractivity contribution in [2.75, 3.05) is 7.05 Å². The van der Waals surface area contributed by atoms with Gasteiger partial charge in [0, 0.05) is 7.05 Å². The Balaban J connectivity index is 5.35. The van der Waals surface area contributed by atoms with Gasteiger partial charge in [-0.15, -0.1) is 0 Å². The smallest absolute Gasteiger partial charge is 0.410 e. The van der Waals surface area contributed by atoms with Gasteiger partial charge in [0.15, 0.2) is 5.78 Å². The van der Waals surface area contributed by atoms with Crippen molar-refractivity contribution in [1.82, 2.24) is 10.2 Å². The van der Waals surface area contributed by atoms with E-state index in [1.807, 2.05) is 27.7 Å². The van der Waals surface area contributed by atoms with Gasteiger partial charge in [0.05, 0.1) is 6.04 Å². The highest BCUT2D eigenvalue weighted by Gasteiger charge is 2.35. The van der Waals surface area contributed by atoms with Gasteiger partial charge in [-0.2, -0.15) is 0 Å². The van der Waals surface area contributed by atoms with E-state index in [1.54, 1.807) is 27.8 Å². The van der Waals surface area contributed by atoms with Crippen LogP contribution in [0, 0.1) is 11.8 Å². The first-order valence-corrected chi connectivity index (χ1v) is 8.58. The highest BCUT2D eigenvalue weighted by Crippen LogP contribution is 2.18. The van der Waals surface area contributed by atoms with E-state index in [0.29, 0.717) is 0 Å². The number of ketones is 1. The van der Waals surface area contributed by atoms with Crippen molar-refractivity contribution < 1.29 is 19.1 Å². The first kappa shape index (κ1) is 22.4. The Morgan fingerprint density at radius 2 is 1.62 bits per heavy atom. The van der Waals surface area contributed by atoms with Crippen molar-refractivity contribution in [3.8, 4) is 0 Å². The van der Waals surface area contributed by atoms with Crippen LogP contribution < -0.4 is 5.32 Å². The van der Waals surface area contributed by atoms with Crippen molar-refractivity contribution in [2.24, 2.45) is 11.8 Å². The van der Waals surface area contributed by atoms with Crippen molar-refractivity contribution in [3.63, 3.8) is 0 Å². The number of hydrogen-bond donors (Lipinski definition) is 1. The Morgan fingerprint density at radius 1 is 1.12 bits per heavy atom. The highest BCUT2D eigenvalue weighted by atomic mass is 16.6. The minimum Gasteiger partial charge on any atom is -0.444 e. The second kappa shape index (κ2) is 9.04. The van der Waals surface area contributed by atoms with Crippen LogP contribution in [0.1, 0.15) is 61.8 Å². The second-order valence-corrected chi connectivity index (χ2v) is 7.76. The van der Waals surface area contributed by atoms with Crippen LogP contribution in [0.15, 0.2) is 0 Å². The summed E-state index contributed by atoms with van der Waals surface area (Å²) in [5, 5.41) is 2.79. The molecule has 1 N–H and O–H groups in total. The third-order valence-corrected chi connectivity index (χ3v) is 3.95. The van der Waals surface area contributed by atoms with E-state index in [-0.39, 0.29) is 23.5 Å². The van der Waals surface area contributed by atoms with E-state index in [0.717, 1.165) is 6.42 Å². The molecule has 0 saturated carbocycles. The first-order chi connectivity index (χ1) is 10.8. The minimum atomic E-state index is -0.689. The molecule has 6 heteroatoms. The number of carbonyl (C=O) groups is 3. The van der Waals surface area contributed by atoms with Gasteiger partial charge in [-0.3, -0.25) is 14.5 Å². The molecule has 3 atom stereocenters. The van der Waals surface area contributed by atoms with E-state index in [9.17, 15) is 14.4 Å². The van der Waals surface area contributed by atoms with E-state index >= 15 is 0 Å². The van der Waals surface area contributed by atoms with Gasteiger partial charge in [0.2, 0.25) is 5.91 Å². The van der Waals surface area contributed by atoms with Crippen LogP contribution >= 0.6 is 0 Å². The summed E-state index contributed by atoms with van der Waals surface area (Å²) in [6.07, 6.45) is 0.171. The number of rotatable bonds is 7. The summed E-state index contributed by atoms with van der Waals surface area (Å²) >= 11 is 0. The predicted octanol–water partition coefficient (Wildman–Crippen LogP) is 3.00. The van der Waals surface area contributed by atoms with Gasteiger partial charge in [-0.05, 0) is 39.5 Å². The van der Waals surface area contributed by atoms with E-state index < -0.39 is 23.8 Å². The van der Waals surface area contributed by atoms with Gasteiger partial charge < -0.3 is 10.1 Å². The molecule has 0 saturated heterocycles. The Bertz CT molecular complexity index is 454. The van der Waals surface area contributed by atoms with E-state index in [4.69, 9.17) is 4.74 Å². The van der Waals surface area contributed by atoms with Crippen LogP contribution in [-0.2, 0) is 14.3 Å². The lowest BCUT2D eigenvalue weighted by atomic mass is 9.95. The fourth-order valence-electron chi connectivity index (χ4n) is 2.46.